The number of hydrogen-bond donors (Lipinski definition) is 1. The fourth-order valence-corrected chi connectivity index (χ4v) is 4.38. The molecule has 7 heteroatoms. The molecule has 6 nitrogen and oxygen atoms in total. The van der Waals surface area contributed by atoms with E-state index in [1.165, 1.54) is 4.31 Å². The largest absolute Gasteiger partial charge is 0.481 e. The van der Waals surface area contributed by atoms with Gasteiger partial charge in [-0.15, -0.1) is 0 Å². The van der Waals surface area contributed by atoms with Crippen LogP contribution in [0, 0.1) is 0 Å². The first kappa shape index (κ1) is 15.8. The van der Waals surface area contributed by atoms with Crippen LogP contribution in [-0.2, 0) is 14.8 Å². The summed E-state index contributed by atoms with van der Waals surface area (Å²) in [5.74, 6) is -0.990. The van der Waals surface area contributed by atoms with Gasteiger partial charge < -0.3 is 10.0 Å². The molecule has 1 N–H and O–H groups in total. The number of rotatable bonds is 4. The molecule has 1 saturated heterocycles. The molecule has 0 aromatic heterocycles. The molecule has 2 rings (SSSR count). The Morgan fingerprint density at radius 3 is 2.43 bits per heavy atom. The molecule has 1 aliphatic heterocycles. The van der Waals surface area contributed by atoms with E-state index >= 15 is 0 Å². The molecular formula is C14H20N2O4S. The molecule has 21 heavy (non-hydrogen) atoms. The van der Waals surface area contributed by atoms with Crippen molar-refractivity contribution in [3.63, 3.8) is 0 Å². The summed E-state index contributed by atoms with van der Waals surface area (Å²) >= 11 is 0. The minimum Gasteiger partial charge on any atom is -0.481 e. The Kier molecular flexibility index (Phi) is 4.53. The molecule has 0 spiro atoms. The van der Waals surface area contributed by atoms with Crippen LogP contribution in [0.15, 0.2) is 30.3 Å². The van der Waals surface area contributed by atoms with Gasteiger partial charge in [0.05, 0.1) is 18.7 Å². The molecule has 1 aromatic rings. The number of benzene rings is 1. The molecule has 1 heterocycles. The van der Waals surface area contributed by atoms with Gasteiger partial charge in [-0.3, -0.25) is 4.79 Å². The van der Waals surface area contributed by atoms with E-state index in [4.69, 9.17) is 5.11 Å². The molecule has 0 amide bonds. The van der Waals surface area contributed by atoms with Crippen LogP contribution in [0.4, 0.5) is 5.69 Å². The third kappa shape index (κ3) is 3.74. The number of carboxylic acids is 1. The van der Waals surface area contributed by atoms with E-state index in [1.54, 1.807) is 0 Å². The molecule has 116 valence electrons. The lowest BCUT2D eigenvalue weighted by Crippen LogP contribution is -2.59. The molecule has 0 saturated carbocycles. The lowest BCUT2D eigenvalue weighted by atomic mass is 10.1. The monoisotopic (exact) mass is 312 g/mol. The van der Waals surface area contributed by atoms with Crippen LogP contribution in [-0.4, -0.2) is 55.2 Å². The predicted molar refractivity (Wildman–Crippen MR) is 80.8 cm³/mol. The minimum absolute atomic E-state index is 0.194. The maximum atomic E-state index is 11.9. The lowest BCUT2D eigenvalue weighted by molar-refractivity contribution is -0.138. The summed E-state index contributed by atoms with van der Waals surface area (Å²) in [6, 6.07) is 8.81. The number of hydrogen-bond acceptors (Lipinski definition) is 4. The van der Waals surface area contributed by atoms with Crippen molar-refractivity contribution >= 4 is 21.7 Å². The quantitative estimate of drug-likeness (QED) is 0.897. The highest BCUT2D eigenvalue weighted by atomic mass is 32.2. The van der Waals surface area contributed by atoms with E-state index < -0.39 is 22.0 Å². The van der Waals surface area contributed by atoms with Crippen molar-refractivity contribution in [2.45, 2.75) is 25.4 Å². The molecule has 1 aliphatic rings. The normalized spacial score (nSPS) is 24.0. The van der Waals surface area contributed by atoms with Crippen LogP contribution in [0.25, 0.3) is 0 Å². The van der Waals surface area contributed by atoms with Crippen molar-refractivity contribution in [1.29, 1.82) is 0 Å². The van der Waals surface area contributed by atoms with Gasteiger partial charge in [0.25, 0.3) is 0 Å². The fourth-order valence-electron chi connectivity index (χ4n) is 2.97. The van der Waals surface area contributed by atoms with Gasteiger partial charge in [0.2, 0.25) is 10.0 Å². The molecule has 0 bridgehead atoms. The maximum absolute atomic E-state index is 11.9. The second-order valence-electron chi connectivity index (χ2n) is 5.43. The second-order valence-corrected chi connectivity index (χ2v) is 7.32. The summed E-state index contributed by atoms with van der Waals surface area (Å²) < 4.78 is 25.2. The smallest absolute Gasteiger partial charge is 0.305 e. The van der Waals surface area contributed by atoms with Gasteiger partial charge in [0.15, 0.2) is 0 Å². The fraction of sp³-hybridized carbons (Fsp3) is 0.500. The van der Waals surface area contributed by atoms with E-state index in [1.807, 2.05) is 42.2 Å². The van der Waals surface area contributed by atoms with E-state index in [0.29, 0.717) is 13.1 Å². The Morgan fingerprint density at radius 2 is 1.90 bits per heavy atom. The van der Waals surface area contributed by atoms with Gasteiger partial charge in [-0.25, -0.2) is 8.42 Å². The van der Waals surface area contributed by atoms with Crippen LogP contribution in [0.3, 0.4) is 0 Å². The highest BCUT2D eigenvalue weighted by Gasteiger charge is 2.38. The first-order valence-electron chi connectivity index (χ1n) is 6.79. The van der Waals surface area contributed by atoms with E-state index in [-0.39, 0.29) is 12.5 Å². The van der Waals surface area contributed by atoms with Crippen molar-refractivity contribution in [2.24, 2.45) is 0 Å². The molecule has 2 atom stereocenters. The topological polar surface area (TPSA) is 77.9 Å². The van der Waals surface area contributed by atoms with Gasteiger partial charge in [-0.2, -0.15) is 4.31 Å². The van der Waals surface area contributed by atoms with E-state index in [2.05, 4.69) is 0 Å². The standard InChI is InChI=1S/C14H20N2O4S/c1-11-9-15(12-6-4-3-5-7-12)10-13(8-14(17)18)16(11)21(2,19)20/h3-7,11,13H,8-10H2,1-2H3,(H,17,18)/t11-,13+/m0/s1. The first-order valence-corrected chi connectivity index (χ1v) is 8.64. The Labute approximate surface area is 125 Å². The van der Waals surface area contributed by atoms with E-state index in [9.17, 15) is 13.2 Å². The number of sulfonamides is 1. The summed E-state index contributed by atoms with van der Waals surface area (Å²) in [5, 5.41) is 9.05. The van der Waals surface area contributed by atoms with Crippen LogP contribution in [0.1, 0.15) is 13.3 Å². The Morgan fingerprint density at radius 1 is 1.29 bits per heavy atom. The summed E-state index contributed by atoms with van der Waals surface area (Å²) in [6.45, 7) is 2.74. The Hall–Kier alpha value is -1.60. The molecule has 1 fully saturated rings. The summed E-state index contributed by atoms with van der Waals surface area (Å²) in [6.07, 6.45) is 0.942. The van der Waals surface area contributed by atoms with Gasteiger partial charge in [-0.1, -0.05) is 18.2 Å². The van der Waals surface area contributed by atoms with Gasteiger partial charge in [0, 0.05) is 24.8 Å². The number of piperazine rings is 1. The molecule has 0 unspecified atom stereocenters. The lowest BCUT2D eigenvalue weighted by Gasteiger charge is -2.44. The zero-order valence-corrected chi connectivity index (χ0v) is 13.0. The number of nitrogens with zero attached hydrogens (tertiary/aromatic N) is 2. The number of aliphatic carboxylic acids is 1. The SMILES string of the molecule is C[C@H]1CN(c2ccccc2)C[C@@H](CC(=O)O)N1S(C)(=O)=O. The number of carboxylic acid groups (broad SMARTS) is 1. The van der Waals surface area contributed by atoms with Crippen LogP contribution in [0.5, 0.6) is 0 Å². The number of carbonyl (C=O) groups is 1. The van der Waals surface area contributed by atoms with Gasteiger partial charge in [-0.05, 0) is 19.1 Å². The maximum Gasteiger partial charge on any atom is 0.305 e. The number of para-hydroxylation sites is 1. The highest BCUT2D eigenvalue weighted by molar-refractivity contribution is 7.88. The zero-order chi connectivity index (χ0) is 15.6. The van der Waals surface area contributed by atoms with Crippen molar-refractivity contribution in [3.8, 4) is 0 Å². The molecular weight excluding hydrogens is 292 g/mol. The van der Waals surface area contributed by atoms with Gasteiger partial charge >= 0.3 is 5.97 Å². The average molecular weight is 312 g/mol. The van der Waals surface area contributed by atoms with Crippen molar-refractivity contribution in [1.82, 2.24) is 4.31 Å². The van der Waals surface area contributed by atoms with Crippen molar-refractivity contribution in [3.05, 3.63) is 30.3 Å². The first-order chi connectivity index (χ1) is 9.79. The third-order valence-electron chi connectivity index (χ3n) is 3.62. The Balaban J connectivity index is 2.28. The zero-order valence-electron chi connectivity index (χ0n) is 12.1. The van der Waals surface area contributed by atoms with Gasteiger partial charge in [0.1, 0.15) is 0 Å². The van der Waals surface area contributed by atoms with E-state index in [0.717, 1.165) is 11.9 Å². The number of anilines is 1. The molecule has 0 radical (unpaired) electrons. The van der Waals surface area contributed by atoms with Crippen LogP contribution < -0.4 is 4.90 Å². The second kappa shape index (κ2) is 6.03. The Bertz CT molecular complexity index is 603. The predicted octanol–water partition coefficient (Wildman–Crippen LogP) is 1.00. The highest BCUT2D eigenvalue weighted by Crippen LogP contribution is 2.25. The summed E-state index contributed by atoms with van der Waals surface area (Å²) in [5.41, 5.74) is 0.980. The van der Waals surface area contributed by atoms with Crippen LogP contribution >= 0.6 is 0 Å². The molecule has 1 aromatic carbocycles. The summed E-state index contributed by atoms with van der Waals surface area (Å²) in [4.78, 5) is 13.1. The third-order valence-corrected chi connectivity index (χ3v) is 5.05. The summed E-state index contributed by atoms with van der Waals surface area (Å²) in [7, 11) is -3.43. The average Bonchev–Trinajstić information content (AvgIpc) is 2.36. The van der Waals surface area contributed by atoms with Crippen LogP contribution in [0.2, 0.25) is 0 Å². The molecule has 0 aliphatic carbocycles. The minimum atomic E-state index is -3.43. The van der Waals surface area contributed by atoms with Crippen molar-refractivity contribution in [2.75, 3.05) is 24.2 Å². The van der Waals surface area contributed by atoms with Crippen molar-refractivity contribution < 1.29 is 18.3 Å².